The predicted octanol–water partition coefficient (Wildman–Crippen LogP) is 1.36. The maximum absolute atomic E-state index is 12.1. The van der Waals surface area contributed by atoms with E-state index in [1.54, 1.807) is 13.8 Å². The Kier molecular flexibility index (Phi) is 4.54. The third kappa shape index (κ3) is 3.54. The first-order valence-corrected chi connectivity index (χ1v) is 7.73. The summed E-state index contributed by atoms with van der Waals surface area (Å²) in [6.45, 7) is 7.55. The highest BCUT2D eigenvalue weighted by Gasteiger charge is 2.43. The molecule has 0 saturated carbocycles. The molecule has 2 heterocycles. The number of piperidine rings is 1. The summed E-state index contributed by atoms with van der Waals surface area (Å²) in [5.74, 6) is 0.613. The second kappa shape index (κ2) is 6.03. The first-order valence-electron chi connectivity index (χ1n) is 7.73. The van der Waals surface area contributed by atoms with E-state index in [9.17, 15) is 14.4 Å². The fourth-order valence-corrected chi connectivity index (χ4v) is 2.83. The third-order valence-corrected chi connectivity index (χ3v) is 4.35. The van der Waals surface area contributed by atoms with E-state index in [1.165, 1.54) is 4.90 Å². The standard InChI is InChI=1S/C15H25N3O3/c1-11-6-9-17(10-7-11)12(19)5-4-8-18-13(20)15(2,3)16-14(18)21/h11H,4-10H2,1-3H3,(H,16,21). The molecule has 0 aromatic carbocycles. The number of nitrogens with zero attached hydrogens (tertiary/aromatic N) is 2. The van der Waals surface area contributed by atoms with E-state index < -0.39 is 5.54 Å². The Hall–Kier alpha value is -1.59. The molecule has 21 heavy (non-hydrogen) atoms. The molecule has 0 aliphatic carbocycles. The minimum atomic E-state index is -0.829. The van der Waals surface area contributed by atoms with Crippen LogP contribution in [0.15, 0.2) is 0 Å². The molecule has 0 aromatic rings. The van der Waals surface area contributed by atoms with E-state index in [0.29, 0.717) is 25.3 Å². The zero-order valence-electron chi connectivity index (χ0n) is 13.1. The Labute approximate surface area is 125 Å². The Morgan fingerprint density at radius 2 is 1.90 bits per heavy atom. The van der Waals surface area contributed by atoms with Crippen LogP contribution < -0.4 is 5.32 Å². The Balaban J connectivity index is 1.76. The molecule has 0 spiro atoms. The highest BCUT2D eigenvalue weighted by molar-refractivity contribution is 6.06. The monoisotopic (exact) mass is 295 g/mol. The molecule has 0 atom stereocenters. The fraction of sp³-hybridized carbons (Fsp3) is 0.800. The average Bonchev–Trinajstić information content (AvgIpc) is 2.61. The van der Waals surface area contributed by atoms with E-state index in [2.05, 4.69) is 12.2 Å². The normalized spacial score (nSPS) is 22.6. The van der Waals surface area contributed by atoms with Crippen molar-refractivity contribution in [2.24, 2.45) is 5.92 Å². The maximum atomic E-state index is 12.1. The molecule has 118 valence electrons. The first kappa shape index (κ1) is 15.8. The summed E-state index contributed by atoms with van der Waals surface area (Å²) in [6, 6.07) is -0.357. The molecule has 2 saturated heterocycles. The van der Waals surface area contributed by atoms with Gasteiger partial charge in [-0.1, -0.05) is 6.92 Å². The highest BCUT2D eigenvalue weighted by atomic mass is 16.2. The van der Waals surface area contributed by atoms with Gasteiger partial charge in [-0.15, -0.1) is 0 Å². The molecule has 0 aromatic heterocycles. The molecule has 0 unspecified atom stereocenters. The second-order valence-corrected chi connectivity index (χ2v) is 6.68. The van der Waals surface area contributed by atoms with Crippen LogP contribution in [0.1, 0.15) is 46.5 Å². The van der Waals surface area contributed by atoms with E-state index in [0.717, 1.165) is 25.9 Å². The van der Waals surface area contributed by atoms with E-state index in [-0.39, 0.29) is 17.8 Å². The molecule has 2 aliphatic heterocycles. The average molecular weight is 295 g/mol. The number of rotatable bonds is 4. The summed E-state index contributed by atoms with van der Waals surface area (Å²) in [5, 5.41) is 2.64. The molecular formula is C15H25N3O3. The molecule has 2 rings (SSSR count). The van der Waals surface area contributed by atoms with Gasteiger partial charge in [-0.25, -0.2) is 4.79 Å². The lowest BCUT2D eigenvalue weighted by Gasteiger charge is -2.30. The van der Waals surface area contributed by atoms with Crippen molar-refractivity contribution in [3.05, 3.63) is 0 Å². The molecule has 4 amide bonds. The Morgan fingerprint density at radius 1 is 1.29 bits per heavy atom. The van der Waals surface area contributed by atoms with Crippen LogP contribution in [0.2, 0.25) is 0 Å². The van der Waals surface area contributed by atoms with Crippen LogP contribution in [-0.4, -0.2) is 52.8 Å². The van der Waals surface area contributed by atoms with Crippen molar-refractivity contribution < 1.29 is 14.4 Å². The van der Waals surface area contributed by atoms with Crippen molar-refractivity contribution in [1.82, 2.24) is 15.1 Å². The quantitative estimate of drug-likeness (QED) is 0.796. The maximum Gasteiger partial charge on any atom is 0.325 e. The molecule has 0 bridgehead atoms. The summed E-state index contributed by atoms with van der Waals surface area (Å²) in [4.78, 5) is 38.9. The number of carbonyl (C=O) groups is 3. The lowest BCUT2D eigenvalue weighted by molar-refractivity contribution is -0.134. The van der Waals surface area contributed by atoms with Crippen LogP contribution in [-0.2, 0) is 9.59 Å². The van der Waals surface area contributed by atoms with Gasteiger partial charge in [0.25, 0.3) is 5.91 Å². The smallest absolute Gasteiger partial charge is 0.325 e. The molecule has 2 aliphatic rings. The van der Waals surface area contributed by atoms with Gasteiger partial charge in [-0.2, -0.15) is 0 Å². The molecule has 2 fully saturated rings. The lowest BCUT2D eigenvalue weighted by Crippen LogP contribution is -2.40. The highest BCUT2D eigenvalue weighted by Crippen LogP contribution is 2.19. The first-order chi connectivity index (χ1) is 9.81. The Bertz CT molecular complexity index is 439. The van der Waals surface area contributed by atoms with Crippen molar-refractivity contribution >= 4 is 17.8 Å². The zero-order chi connectivity index (χ0) is 15.6. The van der Waals surface area contributed by atoms with Crippen LogP contribution >= 0.6 is 0 Å². The summed E-state index contributed by atoms with van der Waals surface area (Å²) < 4.78 is 0. The van der Waals surface area contributed by atoms with Crippen molar-refractivity contribution in [3.63, 3.8) is 0 Å². The van der Waals surface area contributed by atoms with Gasteiger partial charge in [0.15, 0.2) is 0 Å². The minimum Gasteiger partial charge on any atom is -0.343 e. The van der Waals surface area contributed by atoms with Gasteiger partial charge < -0.3 is 10.2 Å². The number of hydrogen-bond donors (Lipinski definition) is 1. The number of urea groups is 1. The fourth-order valence-electron chi connectivity index (χ4n) is 2.83. The summed E-state index contributed by atoms with van der Waals surface area (Å²) in [7, 11) is 0. The molecule has 6 nitrogen and oxygen atoms in total. The zero-order valence-corrected chi connectivity index (χ0v) is 13.1. The van der Waals surface area contributed by atoms with Crippen LogP contribution in [0, 0.1) is 5.92 Å². The van der Waals surface area contributed by atoms with Crippen molar-refractivity contribution in [1.29, 1.82) is 0 Å². The van der Waals surface area contributed by atoms with Gasteiger partial charge in [0.1, 0.15) is 5.54 Å². The molecule has 1 N–H and O–H groups in total. The number of hydrogen-bond acceptors (Lipinski definition) is 3. The summed E-state index contributed by atoms with van der Waals surface area (Å²) in [6.07, 6.45) is 3.05. The molecule has 6 heteroatoms. The van der Waals surface area contributed by atoms with Crippen LogP contribution in [0.5, 0.6) is 0 Å². The van der Waals surface area contributed by atoms with Gasteiger partial charge >= 0.3 is 6.03 Å². The lowest BCUT2D eigenvalue weighted by atomic mass is 9.99. The van der Waals surface area contributed by atoms with Gasteiger partial charge in [-0.05, 0) is 39.0 Å². The van der Waals surface area contributed by atoms with Crippen molar-refractivity contribution in [3.8, 4) is 0 Å². The minimum absolute atomic E-state index is 0.133. The number of amides is 4. The summed E-state index contributed by atoms with van der Waals surface area (Å²) in [5.41, 5.74) is -0.829. The van der Waals surface area contributed by atoms with Gasteiger partial charge in [-0.3, -0.25) is 14.5 Å². The van der Waals surface area contributed by atoms with Crippen LogP contribution in [0.4, 0.5) is 4.79 Å². The number of imide groups is 1. The number of carbonyl (C=O) groups excluding carboxylic acids is 3. The SMILES string of the molecule is CC1CCN(C(=O)CCCN2C(=O)NC(C)(C)C2=O)CC1. The van der Waals surface area contributed by atoms with Crippen LogP contribution in [0.25, 0.3) is 0 Å². The van der Waals surface area contributed by atoms with Crippen molar-refractivity contribution in [2.75, 3.05) is 19.6 Å². The van der Waals surface area contributed by atoms with Gasteiger partial charge in [0, 0.05) is 26.1 Å². The molecule has 0 radical (unpaired) electrons. The van der Waals surface area contributed by atoms with E-state index >= 15 is 0 Å². The second-order valence-electron chi connectivity index (χ2n) is 6.68. The van der Waals surface area contributed by atoms with E-state index in [1.807, 2.05) is 4.90 Å². The van der Waals surface area contributed by atoms with E-state index in [4.69, 9.17) is 0 Å². The third-order valence-electron chi connectivity index (χ3n) is 4.35. The topological polar surface area (TPSA) is 69.7 Å². The van der Waals surface area contributed by atoms with Gasteiger partial charge in [0.2, 0.25) is 5.91 Å². The number of likely N-dealkylation sites (tertiary alicyclic amines) is 1. The summed E-state index contributed by atoms with van der Waals surface area (Å²) >= 11 is 0. The largest absolute Gasteiger partial charge is 0.343 e. The number of nitrogens with one attached hydrogen (secondary N) is 1. The predicted molar refractivity (Wildman–Crippen MR) is 78.5 cm³/mol. The van der Waals surface area contributed by atoms with Crippen LogP contribution in [0.3, 0.4) is 0 Å². The van der Waals surface area contributed by atoms with Crippen molar-refractivity contribution in [2.45, 2.75) is 52.0 Å². The van der Waals surface area contributed by atoms with Gasteiger partial charge in [0.05, 0.1) is 0 Å². The Morgan fingerprint density at radius 3 is 2.43 bits per heavy atom. The molecular weight excluding hydrogens is 270 g/mol.